The average molecular weight is 469 g/mol. The van der Waals surface area contributed by atoms with E-state index in [-0.39, 0.29) is 5.69 Å². The number of halogens is 1. The predicted molar refractivity (Wildman–Crippen MR) is 130 cm³/mol. The maximum atomic E-state index is 14.7. The summed E-state index contributed by atoms with van der Waals surface area (Å²) in [6, 6.07) is 18.9. The molecule has 0 saturated heterocycles. The molecule has 0 atom stereocenters. The molecule has 0 saturated carbocycles. The molecule has 0 unspecified atom stereocenters. The number of para-hydroxylation sites is 1. The van der Waals surface area contributed by atoms with Crippen molar-refractivity contribution in [1.29, 1.82) is 0 Å². The molecular weight excluding hydrogens is 449 g/mol. The zero-order valence-corrected chi connectivity index (χ0v) is 18.9. The first-order valence-corrected chi connectivity index (χ1v) is 10.7. The maximum Gasteiger partial charge on any atom is 0.256 e. The quantitative estimate of drug-likeness (QED) is 0.381. The molecule has 5 rings (SSSR count). The fourth-order valence-electron chi connectivity index (χ4n) is 3.81. The van der Waals surface area contributed by atoms with E-state index in [4.69, 9.17) is 14.5 Å². The molecule has 2 heterocycles. The molecule has 0 radical (unpaired) electrons. The van der Waals surface area contributed by atoms with Gasteiger partial charge >= 0.3 is 0 Å². The second-order valence-corrected chi connectivity index (χ2v) is 7.60. The SMILES string of the molecule is COc1ccc(-c2cc(C(=O)Nc3ccc(-n4cncn4)c(F)c3)c3ccccc3n2)cc1OC. The van der Waals surface area contributed by atoms with Crippen LogP contribution in [0.25, 0.3) is 27.8 Å². The number of rotatable bonds is 6. The summed E-state index contributed by atoms with van der Waals surface area (Å²) in [5.41, 5.74) is 2.93. The number of fused-ring (bicyclic) bond motifs is 1. The summed E-state index contributed by atoms with van der Waals surface area (Å²) in [6.07, 6.45) is 2.72. The first-order chi connectivity index (χ1) is 17.1. The molecule has 0 fully saturated rings. The number of aromatic nitrogens is 4. The maximum absolute atomic E-state index is 14.7. The number of methoxy groups -OCH3 is 2. The molecule has 0 aliphatic rings. The Kier molecular flexibility index (Phi) is 5.80. The molecule has 9 heteroatoms. The van der Waals surface area contributed by atoms with Crippen molar-refractivity contribution in [3.63, 3.8) is 0 Å². The van der Waals surface area contributed by atoms with Gasteiger partial charge in [-0.05, 0) is 48.5 Å². The van der Waals surface area contributed by atoms with Crippen molar-refractivity contribution < 1.29 is 18.7 Å². The van der Waals surface area contributed by atoms with Crippen molar-refractivity contribution in [3.8, 4) is 28.4 Å². The van der Waals surface area contributed by atoms with Crippen LogP contribution in [-0.4, -0.2) is 39.9 Å². The Labute approximate surface area is 200 Å². The summed E-state index contributed by atoms with van der Waals surface area (Å²) in [7, 11) is 3.12. The number of benzene rings is 3. The molecule has 5 aromatic rings. The van der Waals surface area contributed by atoms with Crippen molar-refractivity contribution in [2.24, 2.45) is 0 Å². The fraction of sp³-hybridized carbons (Fsp3) is 0.0769. The summed E-state index contributed by atoms with van der Waals surface area (Å²) >= 11 is 0. The minimum absolute atomic E-state index is 0.227. The average Bonchev–Trinajstić information content (AvgIpc) is 3.42. The highest BCUT2D eigenvalue weighted by Crippen LogP contribution is 2.33. The van der Waals surface area contributed by atoms with Gasteiger partial charge in [0.15, 0.2) is 17.3 Å². The first-order valence-electron chi connectivity index (χ1n) is 10.7. The van der Waals surface area contributed by atoms with Crippen molar-refractivity contribution in [1.82, 2.24) is 19.7 Å². The van der Waals surface area contributed by atoms with Crippen LogP contribution in [0, 0.1) is 5.82 Å². The highest BCUT2D eigenvalue weighted by Gasteiger charge is 2.16. The van der Waals surface area contributed by atoms with Crippen LogP contribution in [0.15, 0.2) is 79.4 Å². The molecule has 35 heavy (non-hydrogen) atoms. The lowest BCUT2D eigenvalue weighted by molar-refractivity contribution is 0.102. The Morgan fingerprint density at radius 3 is 2.54 bits per heavy atom. The summed E-state index contributed by atoms with van der Waals surface area (Å²) in [4.78, 5) is 21.9. The van der Waals surface area contributed by atoms with Crippen LogP contribution in [0.4, 0.5) is 10.1 Å². The zero-order valence-electron chi connectivity index (χ0n) is 18.9. The van der Waals surface area contributed by atoms with Gasteiger partial charge in [0.05, 0.1) is 31.0 Å². The number of ether oxygens (including phenoxy) is 2. The van der Waals surface area contributed by atoms with Crippen molar-refractivity contribution in [3.05, 3.63) is 90.8 Å². The summed E-state index contributed by atoms with van der Waals surface area (Å²) in [5.74, 6) is 0.206. The molecule has 3 aromatic carbocycles. The summed E-state index contributed by atoms with van der Waals surface area (Å²) in [5, 5.41) is 7.40. The van der Waals surface area contributed by atoms with Crippen LogP contribution < -0.4 is 14.8 Å². The Balaban J connectivity index is 1.52. The monoisotopic (exact) mass is 469 g/mol. The largest absolute Gasteiger partial charge is 0.493 e. The first kappa shape index (κ1) is 22.0. The smallest absolute Gasteiger partial charge is 0.256 e. The topological polar surface area (TPSA) is 91.2 Å². The molecule has 0 bridgehead atoms. The van der Waals surface area contributed by atoms with Gasteiger partial charge in [-0.2, -0.15) is 5.10 Å². The summed E-state index contributed by atoms with van der Waals surface area (Å²) < 4.78 is 26.7. The molecule has 2 aromatic heterocycles. The Morgan fingerprint density at radius 2 is 1.80 bits per heavy atom. The van der Waals surface area contributed by atoms with Gasteiger partial charge in [0.2, 0.25) is 0 Å². The molecule has 8 nitrogen and oxygen atoms in total. The van der Waals surface area contributed by atoms with Crippen LogP contribution in [0.5, 0.6) is 11.5 Å². The van der Waals surface area contributed by atoms with Crippen LogP contribution in [0.1, 0.15) is 10.4 Å². The third-order valence-electron chi connectivity index (χ3n) is 5.51. The van der Waals surface area contributed by atoms with E-state index in [9.17, 15) is 9.18 Å². The zero-order chi connectivity index (χ0) is 24.4. The Morgan fingerprint density at radius 1 is 0.971 bits per heavy atom. The molecule has 174 valence electrons. The number of carbonyl (C=O) groups is 1. The molecular formula is C26H20FN5O3. The number of carbonyl (C=O) groups excluding carboxylic acids is 1. The minimum atomic E-state index is -0.543. The van der Waals surface area contributed by atoms with Crippen molar-refractivity contribution in [2.45, 2.75) is 0 Å². The highest BCUT2D eigenvalue weighted by molar-refractivity contribution is 6.13. The number of nitrogens with one attached hydrogen (secondary N) is 1. The van der Waals surface area contributed by atoms with Gasteiger partial charge in [-0.15, -0.1) is 0 Å². The second kappa shape index (κ2) is 9.22. The van der Waals surface area contributed by atoms with E-state index in [2.05, 4.69) is 15.4 Å². The predicted octanol–water partition coefficient (Wildman–Crippen LogP) is 4.89. The lowest BCUT2D eigenvalue weighted by Crippen LogP contribution is -2.13. The molecule has 0 aliphatic carbocycles. The van der Waals surface area contributed by atoms with E-state index in [0.717, 1.165) is 5.56 Å². The molecule has 1 amide bonds. The van der Waals surface area contributed by atoms with Gasteiger partial charge in [-0.3, -0.25) is 4.79 Å². The Hall–Kier alpha value is -4.79. The van der Waals surface area contributed by atoms with Gasteiger partial charge in [-0.1, -0.05) is 18.2 Å². The minimum Gasteiger partial charge on any atom is -0.493 e. The third-order valence-corrected chi connectivity index (χ3v) is 5.51. The molecule has 1 N–H and O–H groups in total. The number of amides is 1. The van der Waals surface area contributed by atoms with Gasteiger partial charge in [0.1, 0.15) is 18.3 Å². The van der Waals surface area contributed by atoms with Crippen molar-refractivity contribution in [2.75, 3.05) is 19.5 Å². The third kappa shape index (κ3) is 4.26. The van der Waals surface area contributed by atoms with Crippen LogP contribution in [0.3, 0.4) is 0 Å². The Bertz CT molecular complexity index is 1540. The number of hydrogen-bond donors (Lipinski definition) is 1. The van der Waals surface area contributed by atoms with E-state index in [1.807, 2.05) is 30.3 Å². The van der Waals surface area contributed by atoms with E-state index < -0.39 is 11.7 Å². The number of hydrogen-bond acceptors (Lipinski definition) is 6. The standard InChI is InChI=1S/C26H20FN5O3/c1-34-24-10-7-16(11-25(24)35-2)22-13-19(18-5-3-4-6-21(18)31-22)26(33)30-17-8-9-23(20(27)12-17)32-15-28-14-29-32/h3-15H,1-2H3,(H,30,33). The van der Waals surface area contributed by atoms with Crippen molar-refractivity contribution >= 4 is 22.5 Å². The van der Waals surface area contributed by atoms with Gasteiger partial charge < -0.3 is 14.8 Å². The lowest BCUT2D eigenvalue weighted by atomic mass is 10.0. The van der Waals surface area contributed by atoms with Gasteiger partial charge in [0.25, 0.3) is 5.91 Å². The normalized spacial score (nSPS) is 10.8. The number of pyridine rings is 1. The van der Waals surface area contributed by atoms with Gasteiger partial charge in [0, 0.05) is 16.6 Å². The van der Waals surface area contributed by atoms with Crippen LogP contribution >= 0.6 is 0 Å². The highest BCUT2D eigenvalue weighted by atomic mass is 19.1. The van der Waals surface area contributed by atoms with E-state index in [1.165, 1.54) is 29.5 Å². The lowest BCUT2D eigenvalue weighted by Gasteiger charge is -2.13. The van der Waals surface area contributed by atoms with Crippen LogP contribution in [-0.2, 0) is 0 Å². The van der Waals surface area contributed by atoms with E-state index >= 15 is 0 Å². The fourth-order valence-corrected chi connectivity index (χ4v) is 3.81. The molecule has 0 spiro atoms. The van der Waals surface area contributed by atoms with E-state index in [0.29, 0.717) is 39.3 Å². The van der Waals surface area contributed by atoms with Gasteiger partial charge in [-0.25, -0.2) is 19.0 Å². The second-order valence-electron chi connectivity index (χ2n) is 7.60. The number of anilines is 1. The van der Waals surface area contributed by atoms with Crippen LogP contribution in [0.2, 0.25) is 0 Å². The molecule has 0 aliphatic heterocycles. The van der Waals surface area contributed by atoms with E-state index in [1.54, 1.807) is 38.5 Å². The number of nitrogens with zero attached hydrogens (tertiary/aromatic N) is 4. The summed E-state index contributed by atoms with van der Waals surface area (Å²) in [6.45, 7) is 0.